The molecule has 0 fully saturated rings. The topological polar surface area (TPSA) is 29.5 Å². The number of aliphatic hydroxyl groups excluding tert-OH is 1. The van der Waals surface area contributed by atoms with E-state index in [-0.39, 0.29) is 10.8 Å². The Kier molecular flexibility index (Phi) is 4.30. The van der Waals surface area contributed by atoms with Crippen molar-refractivity contribution in [2.45, 2.75) is 6.10 Å². The lowest BCUT2D eigenvalue weighted by Gasteiger charge is -2.15. The van der Waals surface area contributed by atoms with Crippen LogP contribution in [0.3, 0.4) is 0 Å². The minimum Gasteiger partial charge on any atom is -0.494 e. The largest absolute Gasteiger partial charge is 0.494 e. The summed E-state index contributed by atoms with van der Waals surface area (Å²) in [4.78, 5) is 0. The van der Waals surface area contributed by atoms with Gasteiger partial charge in [-0.05, 0) is 23.8 Å². The van der Waals surface area contributed by atoms with Crippen LogP contribution in [0.1, 0.15) is 17.2 Å². The molecule has 1 atom stereocenters. The van der Waals surface area contributed by atoms with E-state index >= 15 is 0 Å². The lowest BCUT2D eigenvalue weighted by atomic mass is 10.0. The highest BCUT2D eigenvalue weighted by molar-refractivity contribution is 6.42. The van der Waals surface area contributed by atoms with Crippen molar-refractivity contribution in [3.63, 3.8) is 0 Å². The zero-order valence-electron chi connectivity index (χ0n) is 10.0. The highest BCUT2D eigenvalue weighted by atomic mass is 35.5. The Bertz CT molecular complexity index is 602. The Morgan fingerprint density at radius 3 is 2.63 bits per heavy atom. The highest BCUT2D eigenvalue weighted by Gasteiger charge is 2.17. The van der Waals surface area contributed by atoms with Gasteiger partial charge in [-0.2, -0.15) is 0 Å². The minimum absolute atomic E-state index is 0.0645. The number of aliphatic hydroxyl groups is 1. The SMILES string of the molecule is COc1cc(C(O)c2cccc(Cl)c2Cl)ccc1F. The quantitative estimate of drug-likeness (QED) is 0.919. The van der Waals surface area contributed by atoms with E-state index in [0.29, 0.717) is 16.1 Å². The Hall–Kier alpha value is -1.29. The fourth-order valence-electron chi connectivity index (χ4n) is 1.76. The first-order chi connectivity index (χ1) is 9.04. The standard InChI is InChI=1S/C14H11Cl2FO2/c1-19-12-7-8(5-6-11(12)17)14(18)9-3-2-4-10(15)13(9)16/h2-7,14,18H,1H3. The second-order valence-electron chi connectivity index (χ2n) is 3.94. The predicted octanol–water partition coefficient (Wildman–Crippen LogP) is 4.22. The molecule has 0 aliphatic rings. The Morgan fingerprint density at radius 2 is 1.95 bits per heavy atom. The summed E-state index contributed by atoms with van der Waals surface area (Å²) in [7, 11) is 1.36. The molecule has 1 unspecified atom stereocenters. The van der Waals surface area contributed by atoms with Crippen LogP contribution in [0.15, 0.2) is 36.4 Å². The van der Waals surface area contributed by atoms with E-state index in [2.05, 4.69) is 0 Å². The Balaban J connectivity index is 2.44. The summed E-state index contributed by atoms with van der Waals surface area (Å²) >= 11 is 11.9. The van der Waals surface area contributed by atoms with Crippen molar-refractivity contribution in [1.82, 2.24) is 0 Å². The molecule has 0 saturated heterocycles. The van der Waals surface area contributed by atoms with Crippen LogP contribution in [0.2, 0.25) is 10.0 Å². The molecule has 1 N–H and O–H groups in total. The Morgan fingerprint density at radius 1 is 1.21 bits per heavy atom. The van der Waals surface area contributed by atoms with E-state index in [9.17, 15) is 9.50 Å². The Labute approximate surface area is 120 Å². The van der Waals surface area contributed by atoms with Crippen molar-refractivity contribution < 1.29 is 14.2 Å². The number of halogens is 3. The van der Waals surface area contributed by atoms with Gasteiger partial charge in [0.05, 0.1) is 17.2 Å². The van der Waals surface area contributed by atoms with Gasteiger partial charge in [-0.15, -0.1) is 0 Å². The van der Waals surface area contributed by atoms with Crippen molar-refractivity contribution in [2.75, 3.05) is 7.11 Å². The van der Waals surface area contributed by atoms with Crippen LogP contribution in [0.5, 0.6) is 5.75 Å². The van der Waals surface area contributed by atoms with Gasteiger partial charge in [0.25, 0.3) is 0 Å². The summed E-state index contributed by atoms with van der Waals surface area (Å²) in [6.45, 7) is 0. The first-order valence-corrected chi connectivity index (χ1v) is 6.25. The van der Waals surface area contributed by atoms with E-state index < -0.39 is 11.9 Å². The van der Waals surface area contributed by atoms with Crippen molar-refractivity contribution in [2.24, 2.45) is 0 Å². The van der Waals surface area contributed by atoms with Crippen LogP contribution in [0.4, 0.5) is 4.39 Å². The molecule has 2 aromatic rings. The van der Waals surface area contributed by atoms with Gasteiger partial charge in [-0.25, -0.2) is 4.39 Å². The summed E-state index contributed by atoms with van der Waals surface area (Å²) in [5.41, 5.74) is 0.935. The summed E-state index contributed by atoms with van der Waals surface area (Å²) in [5, 5.41) is 10.9. The van der Waals surface area contributed by atoms with E-state index in [0.717, 1.165) is 0 Å². The van der Waals surface area contributed by atoms with E-state index in [1.165, 1.54) is 25.3 Å². The van der Waals surface area contributed by atoms with Crippen molar-refractivity contribution in [3.8, 4) is 5.75 Å². The van der Waals surface area contributed by atoms with Crippen molar-refractivity contribution >= 4 is 23.2 Å². The first-order valence-electron chi connectivity index (χ1n) is 5.50. The fraction of sp³-hybridized carbons (Fsp3) is 0.143. The molecule has 0 heterocycles. The molecule has 0 aromatic heterocycles. The second-order valence-corrected chi connectivity index (χ2v) is 4.72. The van der Waals surface area contributed by atoms with Crippen LogP contribution in [0.25, 0.3) is 0 Å². The molecule has 100 valence electrons. The molecule has 0 bridgehead atoms. The second kappa shape index (κ2) is 5.78. The average molecular weight is 301 g/mol. The molecule has 5 heteroatoms. The first kappa shape index (κ1) is 14.1. The number of ether oxygens (including phenoxy) is 1. The van der Waals surface area contributed by atoms with Gasteiger partial charge in [0.2, 0.25) is 0 Å². The number of benzene rings is 2. The summed E-state index contributed by atoms with van der Waals surface area (Å²) in [5.74, 6) is -0.426. The monoisotopic (exact) mass is 300 g/mol. The van der Waals surface area contributed by atoms with Gasteiger partial charge in [0, 0.05) is 5.56 Å². The molecule has 2 nitrogen and oxygen atoms in total. The third-order valence-electron chi connectivity index (χ3n) is 2.77. The lowest BCUT2D eigenvalue weighted by molar-refractivity contribution is 0.219. The summed E-state index contributed by atoms with van der Waals surface area (Å²) < 4.78 is 18.2. The van der Waals surface area contributed by atoms with Crippen LogP contribution >= 0.6 is 23.2 Å². The van der Waals surface area contributed by atoms with E-state index in [1.54, 1.807) is 18.2 Å². The third kappa shape index (κ3) is 2.84. The van der Waals surface area contributed by atoms with Crippen LogP contribution < -0.4 is 4.74 Å². The van der Waals surface area contributed by atoms with Gasteiger partial charge in [-0.1, -0.05) is 41.4 Å². The molecule has 19 heavy (non-hydrogen) atoms. The fourth-order valence-corrected chi connectivity index (χ4v) is 2.17. The number of hydrogen-bond donors (Lipinski definition) is 1. The summed E-state index contributed by atoms with van der Waals surface area (Å²) in [6, 6.07) is 9.11. The lowest BCUT2D eigenvalue weighted by Crippen LogP contribution is -2.02. The molecule has 0 radical (unpaired) electrons. The maximum absolute atomic E-state index is 13.3. The zero-order chi connectivity index (χ0) is 14.0. The summed E-state index contributed by atoms with van der Waals surface area (Å²) in [6.07, 6.45) is -0.999. The molecular weight excluding hydrogens is 290 g/mol. The zero-order valence-corrected chi connectivity index (χ0v) is 11.5. The normalized spacial score (nSPS) is 12.3. The van der Waals surface area contributed by atoms with E-state index in [1.807, 2.05) is 0 Å². The molecule has 0 aliphatic heterocycles. The molecule has 0 saturated carbocycles. The number of rotatable bonds is 3. The van der Waals surface area contributed by atoms with Gasteiger partial charge >= 0.3 is 0 Å². The molecule has 2 rings (SSSR count). The van der Waals surface area contributed by atoms with Gasteiger partial charge in [-0.3, -0.25) is 0 Å². The maximum atomic E-state index is 13.3. The predicted molar refractivity (Wildman–Crippen MR) is 73.5 cm³/mol. The molecule has 0 aliphatic carbocycles. The average Bonchev–Trinajstić information content (AvgIpc) is 2.41. The molecule has 2 aromatic carbocycles. The number of methoxy groups -OCH3 is 1. The molecule has 0 amide bonds. The highest BCUT2D eigenvalue weighted by Crippen LogP contribution is 2.34. The minimum atomic E-state index is -0.999. The van der Waals surface area contributed by atoms with Crippen LogP contribution in [-0.2, 0) is 0 Å². The molecule has 0 spiro atoms. The molecular formula is C14H11Cl2FO2. The van der Waals surface area contributed by atoms with Gasteiger partial charge in [0.15, 0.2) is 11.6 Å². The van der Waals surface area contributed by atoms with Gasteiger partial charge < -0.3 is 9.84 Å². The maximum Gasteiger partial charge on any atom is 0.165 e. The van der Waals surface area contributed by atoms with Crippen LogP contribution in [-0.4, -0.2) is 12.2 Å². The van der Waals surface area contributed by atoms with Crippen molar-refractivity contribution in [1.29, 1.82) is 0 Å². The van der Waals surface area contributed by atoms with Crippen LogP contribution in [0, 0.1) is 5.82 Å². The van der Waals surface area contributed by atoms with Gasteiger partial charge in [0.1, 0.15) is 6.10 Å². The van der Waals surface area contributed by atoms with E-state index in [4.69, 9.17) is 27.9 Å². The van der Waals surface area contributed by atoms with Crippen molar-refractivity contribution in [3.05, 3.63) is 63.4 Å². The smallest absolute Gasteiger partial charge is 0.165 e. The third-order valence-corrected chi connectivity index (χ3v) is 3.60. The number of hydrogen-bond acceptors (Lipinski definition) is 2.